The molecule has 0 aliphatic carbocycles. The van der Waals surface area contributed by atoms with E-state index in [-0.39, 0.29) is 5.88 Å². The number of anilines is 1. The second kappa shape index (κ2) is 6.45. The van der Waals surface area contributed by atoms with E-state index in [0.717, 1.165) is 0 Å². The van der Waals surface area contributed by atoms with Crippen molar-refractivity contribution in [2.24, 2.45) is 0 Å². The van der Waals surface area contributed by atoms with Crippen molar-refractivity contribution in [1.29, 1.82) is 5.26 Å². The monoisotopic (exact) mass is 304 g/mol. The number of nitriles is 1. The summed E-state index contributed by atoms with van der Waals surface area (Å²) in [5.74, 6) is 1.47. The van der Waals surface area contributed by atoms with E-state index in [1.807, 2.05) is 12.1 Å². The minimum absolute atomic E-state index is 0.271. The summed E-state index contributed by atoms with van der Waals surface area (Å²) < 4.78 is 11.2. The van der Waals surface area contributed by atoms with Crippen molar-refractivity contribution in [2.75, 3.05) is 5.73 Å². The molecule has 23 heavy (non-hydrogen) atoms. The molecule has 0 aliphatic rings. The molecular formula is C17H12N4O2. The average Bonchev–Trinajstić information content (AvgIpc) is 2.58. The molecule has 3 rings (SSSR count). The molecule has 0 fully saturated rings. The third kappa shape index (κ3) is 3.36. The SMILES string of the molecule is N#Cc1ccccc1Oc1cc(Oc2ccccc2N)ncn1. The van der Waals surface area contributed by atoms with Crippen LogP contribution in [-0.2, 0) is 0 Å². The first kappa shape index (κ1) is 14.4. The summed E-state index contributed by atoms with van der Waals surface area (Å²) in [7, 11) is 0. The smallest absolute Gasteiger partial charge is 0.226 e. The van der Waals surface area contributed by atoms with Crippen LogP contribution in [0.1, 0.15) is 5.56 Å². The van der Waals surface area contributed by atoms with E-state index >= 15 is 0 Å². The third-order valence-corrected chi connectivity index (χ3v) is 2.97. The quantitative estimate of drug-likeness (QED) is 0.741. The summed E-state index contributed by atoms with van der Waals surface area (Å²) >= 11 is 0. The van der Waals surface area contributed by atoms with Crippen LogP contribution in [0.15, 0.2) is 60.9 Å². The highest BCUT2D eigenvalue weighted by Gasteiger charge is 2.08. The zero-order chi connectivity index (χ0) is 16.1. The van der Waals surface area contributed by atoms with Crippen molar-refractivity contribution in [3.05, 3.63) is 66.5 Å². The number of benzene rings is 2. The summed E-state index contributed by atoms with van der Waals surface area (Å²) in [6, 6.07) is 17.6. The van der Waals surface area contributed by atoms with Crippen molar-refractivity contribution in [1.82, 2.24) is 9.97 Å². The van der Waals surface area contributed by atoms with Crippen LogP contribution in [0.4, 0.5) is 5.69 Å². The normalized spacial score (nSPS) is 9.87. The molecule has 0 saturated carbocycles. The molecule has 0 atom stereocenters. The number of ether oxygens (including phenoxy) is 2. The zero-order valence-electron chi connectivity index (χ0n) is 12.0. The maximum absolute atomic E-state index is 9.08. The van der Waals surface area contributed by atoms with Gasteiger partial charge in [0.05, 0.1) is 17.3 Å². The zero-order valence-corrected chi connectivity index (χ0v) is 12.0. The summed E-state index contributed by atoms with van der Waals surface area (Å²) in [5, 5.41) is 9.08. The molecule has 2 N–H and O–H groups in total. The van der Waals surface area contributed by atoms with Crippen LogP contribution >= 0.6 is 0 Å². The van der Waals surface area contributed by atoms with Gasteiger partial charge < -0.3 is 15.2 Å². The Balaban J connectivity index is 1.83. The van der Waals surface area contributed by atoms with Crippen LogP contribution < -0.4 is 15.2 Å². The molecule has 0 radical (unpaired) electrons. The molecule has 0 aliphatic heterocycles. The van der Waals surface area contributed by atoms with E-state index in [1.165, 1.54) is 12.4 Å². The topological polar surface area (TPSA) is 94.0 Å². The summed E-state index contributed by atoms with van der Waals surface area (Å²) in [6.45, 7) is 0. The highest BCUT2D eigenvalue weighted by atomic mass is 16.5. The van der Waals surface area contributed by atoms with Gasteiger partial charge in [0.25, 0.3) is 0 Å². The Morgan fingerprint density at radius 2 is 1.48 bits per heavy atom. The van der Waals surface area contributed by atoms with Crippen molar-refractivity contribution in [3.8, 4) is 29.3 Å². The molecule has 6 nitrogen and oxygen atoms in total. The Kier molecular flexibility index (Phi) is 4.03. The average molecular weight is 304 g/mol. The van der Waals surface area contributed by atoms with Gasteiger partial charge in [-0.25, -0.2) is 9.97 Å². The number of nitrogens with zero attached hydrogens (tertiary/aromatic N) is 3. The van der Waals surface area contributed by atoms with Gasteiger partial charge in [0.15, 0.2) is 5.75 Å². The number of nitrogens with two attached hydrogens (primary N) is 1. The number of rotatable bonds is 4. The van der Waals surface area contributed by atoms with E-state index in [9.17, 15) is 0 Å². The Hall–Kier alpha value is -3.59. The summed E-state index contributed by atoms with van der Waals surface area (Å²) in [6.07, 6.45) is 1.32. The van der Waals surface area contributed by atoms with Crippen LogP contribution in [0.2, 0.25) is 0 Å². The highest BCUT2D eigenvalue weighted by molar-refractivity contribution is 5.53. The van der Waals surface area contributed by atoms with Crippen molar-refractivity contribution in [3.63, 3.8) is 0 Å². The van der Waals surface area contributed by atoms with Gasteiger partial charge in [-0.15, -0.1) is 0 Å². The second-order valence-electron chi connectivity index (χ2n) is 4.54. The van der Waals surface area contributed by atoms with Gasteiger partial charge >= 0.3 is 0 Å². The van der Waals surface area contributed by atoms with Gasteiger partial charge in [-0.2, -0.15) is 5.26 Å². The second-order valence-corrected chi connectivity index (χ2v) is 4.54. The van der Waals surface area contributed by atoms with E-state index in [0.29, 0.717) is 28.6 Å². The minimum Gasteiger partial charge on any atom is -0.437 e. The number of hydrogen-bond acceptors (Lipinski definition) is 6. The Morgan fingerprint density at radius 3 is 2.17 bits per heavy atom. The molecule has 2 aromatic carbocycles. The van der Waals surface area contributed by atoms with Gasteiger partial charge in [0.1, 0.15) is 18.1 Å². The van der Waals surface area contributed by atoms with Gasteiger partial charge in [-0.3, -0.25) is 0 Å². The van der Waals surface area contributed by atoms with E-state index < -0.39 is 0 Å². The highest BCUT2D eigenvalue weighted by Crippen LogP contribution is 2.28. The number of para-hydroxylation sites is 3. The molecule has 1 aromatic heterocycles. The molecule has 0 spiro atoms. The molecule has 0 amide bonds. The lowest BCUT2D eigenvalue weighted by atomic mass is 10.2. The summed E-state index contributed by atoms with van der Waals surface area (Å²) in [5.41, 5.74) is 6.75. The third-order valence-electron chi connectivity index (χ3n) is 2.97. The van der Waals surface area contributed by atoms with Gasteiger partial charge in [0.2, 0.25) is 11.8 Å². The van der Waals surface area contributed by atoms with Crippen LogP contribution in [-0.4, -0.2) is 9.97 Å². The fraction of sp³-hybridized carbons (Fsp3) is 0. The van der Waals surface area contributed by atoms with E-state index in [2.05, 4.69) is 16.0 Å². The molecule has 112 valence electrons. The Labute approximate surface area is 132 Å². The van der Waals surface area contributed by atoms with Gasteiger partial charge in [-0.05, 0) is 24.3 Å². The maximum Gasteiger partial charge on any atom is 0.226 e. The van der Waals surface area contributed by atoms with Crippen molar-refractivity contribution < 1.29 is 9.47 Å². The first-order valence-corrected chi connectivity index (χ1v) is 6.77. The lowest BCUT2D eigenvalue weighted by Gasteiger charge is -2.09. The molecule has 0 bridgehead atoms. The first-order chi connectivity index (χ1) is 11.3. The van der Waals surface area contributed by atoms with Crippen LogP contribution in [0.5, 0.6) is 23.3 Å². The maximum atomic E-state index is 9.08. The molecule has 1 heterocycles. The van der Waals surface area contributed by atoms with Crippen LogP contribution in [0.25, 0.3) is 0 Å². The molecule has 0 saturated heterocycles. The van der Waals surface area contributed by atoms with E-state index in [1.54, 1.807) is 36.4 Å². The van der Waals surface area contributed by atoms with Crippen molar-refractivity contribution >= 4 is 5.69 Å². The number of aromatic nitrogens is 2. The van der Waals surface area contributed by atoms with Gasteiger partial charge in [-0.1, -0.05) is 24.3 Å². The predicted molar refractivity (Wildman–Crippen MR) is 84.2 cm³/mol. The predicted octanol–water partition coefficient (Wildman–Crippen LogP) is 3.52. The van der Waals surface area contributed by atoms with E-state index in [4.69, 9.17) is 20.5 Å². The molecule has 3 aromatic rings. The van der Waals surface area contributed by atoms with Gasteiger partial charge in [0, 0.05) is 0 Å². The summed E-state index contributed by atoms with van der Waals surface area (Å²) in [4.78, 5) is 8.05. The molecule has 0 unspecified atom stereocenters. The standard InChI is InChI=1S/C17H12N4O2/c18-10-12-5-1-3-7-14(12)22-16-9-17(21-11-20-16)23-15-8-4-2-6-13(15)19/h1-9,11H,19H2. The Bertz CT molecular complexity index is 874. The molecule has 6 heteroatoms. The van der Waals surface area contributed by atoms with Crippen LogP contribution in [0, 0.1) is 11.3 Å². The first-order valence-electron chi connectivity index (χ1n) is 6.77. The fourth-order valence-corrected chi connectivity index (χ4v) is 1.88. The van der Waals surface area contributed by atoms with Crippen LogP contribution in [0.3, 0.4) is 0 Å². The fourth-order valence-electron chi connectivity index (χ4n) is 1.88. The van der Waals surface area contributed by atoms with Crippen molar-refractivity contribution in [2.45, 2.75) is 0 Å². The number of hydrogen-bond donors (Lipinski definition) is 1. The molecular weight excluding hydrogens is 292 g/mol. The lowest BCUT2D eigenvalue weighted by molar-refractivity contribution is 0.434. The lowest BCUT2D eigenvalue weighted by Crippen LogP contribution is -1.95. The largest absolute Gasteiger partial charge is 0.437 e. The number of nitrogen functional groups attached to an aromatic ring is 1. The minimum atomic E-state index is 0.271. The Morgan fingerprint density at radius 1 is 0.870 bits per heavy atom.